The number of hydrogen-bond acceptors (Lipinski definition) is 16. The fraction of sp³-hybridized carbons (Fsp3) is 0.521. The molecule has 18 N–H and O–H groups in total. The van der Waals surface area contributed by atoms with E-state index in [2.05, 4.69) is 37.2 Å². The SMILES string of the molecule is CC[C@H](C)[C@H](NC(=O)[C@H](Cc1ccc(O)cc1)NC(=O)[C@@H]1CCCN1C(=O)[C@H](CCCCN)NC(=O)[C@H](CCCCN)NC(=O)[C@H](Cc1ccccc1)NC(=O)[C@H](C)N(C(=O)[C@@H](CCCCN)NC(=O)[C@@H](N)Cc1ccc(O)cc1)c1ccccc1)C(=O)N[C@@H](CC(C)C)C(=O)O. The molecule has 11 atom stereocenters. The number of nitrogens with one attached hydrogen (secondary N) is 7. The predicted octanol–water partition coefficient (Wildman–Crippen LogP) is 2.82. The molecule has 26 nitrogen and oxygen atoms in total. The molecule has 4 aromatic carbocycles. The zero-order valence-corrected chi connectivity index (χ0v) is 56.6. The highest BCUT2D eigenvalue weighted by Crippen LogP contribution is 2.24. The fourth-order valence-corrected chi connectivity index (χ4v) is 11.6. The van der Waals surface area contributed by atoms with Crippen LogP contribution in [-0.2, 0) is 67.2 Å². The van der Waals surface area contributed by atoms with E-state index in [0.717, 1.165) is 0 Å². The summed E-state index contributed by atoms with van der Waals surface area (Å²) >= 11 is 0. The number of para-hydroxylation sites is 1. The summed E-state index contributed by atoms with van der Waals surface area (Å²) in [6, 6.07) is 16.9. The lowest BCUT2D eigenvalue weighted by atomic mass is 9.96. The molecule has 0 bridgehead atoms. The lowest BCUT2D eigenvalue weighted by Crippen LogP contribution is -2.61. The molecule has 0 aliphatic carbocycles. The van der Waals surface area contributed by atoms with Crippen molar-refractivity contribution >= 4 is 64.8 Å². The number of carbonyl (C=O) groups excluding carboxylic acids is 9. The number of likely N-dealkylation sites (tertiary alicyclic amines) is 1. The molecule has 0 radical (unpaired) electrons. The van der Waals surface area contributed by atoms with Gasteiger partial charge in [-0.1, -0.05) is 107 Å². The third kappa shape index (κ3) is 25.2. The zero-order valence-electron chi connectivity index (χ0n) is 56.6. The van der Waals surface area contributed by atoms with E-state index < -0.39 is 125 Å². The number of amides is 9. The molecule has 97 heavy (non-hydrogen) atoms. The summed E-state index contributed by atoms with van der Waals surface area (Å²) in [5.41, 5.74) is 26.2. The van der Waals surface area contributed by atoms with E-state index in [1.54, 1.807) is 98.8 Å². The van der Waals surface area contributed by atoms with Crippen LogP contribution < -0.4 is 65.1 Å². The summed E-state index contributed by atoms with van der Waals surface area (Å²) in [5, 5.41) is 49.4. The molecule has 1 saturated heterocycles. The van der Waals surface area contributed by atoms with Crippen LogP contribution in [0, 0.1) is 11.8 Å². The first-order valence-electron chi connectivity index (χ1n) is 33.9. The van der Waals surface area contributed by atoms with Gasteiger partial charge in [-0.15, -0.1) is 0 Å². The Morgan fingerprint density at radius 3 is 1.51 bits per heavy atom. The molecule has 9 amide bonds. The van der Waals surface area contributed by atoms with Gasteiger partial charge in [0.25, 0.3) is 0 Å². The average molecular weight is 1350 g/mol. The average Bonchev–Trinajstić information content (AvgIpc) is 1.64. The molecule has 1 heterocycles. The molecule has 1 aliphatic rings. The van der Waals surface area contributed by atoms with Crippen LogP contribution >= 0.6 is 0 Å². The quantitative estimate of drug-likeness (QED) is 0.0284. The van der Waals surface area contributed by atoms with Gasteiger partial charge >= 0.3 is 5.97 Å². The standard InChI is InChI=1S/C71H103N13O13/c1-6-45(4)61(68(93)81-59(71(96)97)40-44(2)3)82-66(91)58(43-49-30-34-52(86)35-31-49)80-67(92)60-27-19-39-83(60)69(94)55(25-14-17-37-73)78-64(89)54(24-13-16-36-72)76-65(90)57(42-47-20-9-7-10-21-47)79-62(87)46(5)84(50-22-11-8-12-23-50)70(95)56(26-15-18-38-74)77-63(88)53(75)41-48-28-32-51(85)33-29-48/h7-12,20-23,28-35,44-46,53-61,85-86H,6,13-19,24-27,36-43,72-75H2,1-5H3,(H,76,90)(H,77,88)(H,78,89)(H,79,87)(H,80,92)(H,81,93)(H,82,91)(H,96,97)/t45-,46-,53-,54-,55-,56+,57-,58-,59-,60-,61-/m0/s1. The number of nitrogens with two attached hydrogens (primary N) is 4. The molecule has 0 spiro atoms. The third-order valence-electron chi connectivity index (χ3n) is 17.3. The van der Waals surface area contributed by atoms with Gasteiger partial charge in [0.2, 0.25) is 53.2 Å². The highest BCUT2D eigenvalue weighted by Gasteiger charge is 2.42. The van der Waals surface area contributed by atoms with Crippen molar-refractivity contribution in [1.82, 2.24) is 42.1 Å². The Labute approximate surface area is 568 Å². The number of anilines is 1. The van der Waals surface area contributed by atoms with Crippen LogP contribution in [0.2, 0.25) is 0 Å². The molecular weight excluding hydrogens is 1240 g/mol. The van der Waals surface area contributed by atoms with E-state index in [1.165, 1.54) is 41.0 Å². The number of aromatic hydroxyl groups is 2. The van der Waals surface area contributed by atoms with Crippen molar-refractivity contribution in [3.05, 3.63) is 126 Å². The molecule has 530 valence electrons. The van der Waals surface area contributed by atoms with E-state index in [9.17, 15) is 53.7 Å². The summed E-state index contributed by atoms with van der Waals surface area (Å²) in [6.07, 6.45) is 3.82. The molecule has 5 rings (SSSR count). The van der Waals surface area contributed by atoms with Crippen molar-refractivity contribution in [3.63, 3.8) is 0 Å². The number of unbranched alkanes of at least 4 members (excludes halogenated alkanes) is 3. The van der Waals surface area contributed by atoms with Gasteiger partial charge in [0.05, 0.1) is 6.04 Å². The van der Waals surface area contributed by atoms with E-state index >= 15 is 9.59 Å². The molecule has 4 aromatic rings. The zero-order chi connectivity index (χ0) is 71.1. The van der Waals surface area contributed by atoms with Crippen molar-refractivity contribution in [2.75, 3.05) is 31.1 Å². The minimum atomic E-state index is -1.37. The number of benzene rings is 4. The van der Waals surface area contributed by atoms with Crippen LogP contribution in [0.25, 0.3) is 0 Å². The second kappa shape index (κ2) is 40.5. The smallest absolute Gasteiger partial charge is 0.326 e. The van der Waals surface area contributed by atoms with Gasteiger partial charge in [-0.05, 0) is 175 Å². The maximum absolute atomic E-state index is 15.0. The summed E-state index contributed by atoms with van der Waals surface area (Å²) in [7, 11) is 0. The Bertz CT molecular complexity index is 3180. The number of rotatable bonds is 41. The minimum Gasteiger partial charge on any atom is -0.508 e. The Kier molecular flexibility index (Phi) is 32.9. The van der Waals surface area contributed by atoms with Gasteiger partial charge in [-0.25, -0.2) is 4.79 Å². The number of nitrogens with zero attached hydrogens (tertiary/aromatic N) is 2. The Balaban J connectivity index is 1.41. The van der Waals surface area contributed by atoms with Crippen LogP contribution in [0.15, 0.2) is 109 Å². The number of carboxylic acids is 1. The minimum absolute atomic E-state index is 0.0386. The summed E-state index contributed by atoms with van der Waals surface area (Å²) in [4.78, 5) is 146. The van der Waals surface area contributed by atoms with Crippen molar-refractivity contribution < 1.29 is 63.3 Å². The largest absolute Gasteiger partial charge is 0.508 e. The molecule has 26 heteroatoms. The van der Waals surface area contributed by atoms with Crippen LogP contribution in [0.1, 0.15) is 135 Å². The van der Waals surface area contributed by atoms with E-state index in [-0.39, 0.29) is 88.4 Å². The van der Waals surface area contributed by atoms with E-state index in [4.69, 9.17) is 22.9 Å². The number of carboxylic acid groups (broad SMARTS) is 1. The first-order valence-corrected chi connectivity index (χ1v) is 33.9. The Morgan fingerprint density at radius 2 is 0.969 bits per heavy atom. The molecule has 1 aliphatic heterocycles. The first kappa shape index (κ1) is 78.7. The van der Waals surface area contributed by atoms with Gasteiger partial charge in [0.1, 0.15) is 65.9 Å². The number of aliphatic carboxylic acids is 1. The Morgan fingerprint density at radius 1 is 0.515 bits per heavy atom. The summed E-state index contributed by atoms with van der Waals surface area (Å²) < 4.78 is 0. The number of carbonyl (C=O) groups is 10. The van der Waals surface area contributed by atoms with Crippen LogP contribution in [0.3, 0.4) is 0 Å². The third-order valence-corrected chi connectivity index (χ3v) is 17.3. The van der Waals surface area contributed by atoms with Crippen molar-refractivity contribution in [1.29, 1.82) is 0 Å². The molecular formula is C71H103N13O13. The predicted molar refractivity (Wildman–Crippen MR) is 369 cm³/mol. The van der Waals surface area contributed by atoms with Crippen molar-refractivity contribution in [2.45, 2.75) is 198 Å². The van der Waals surface area contributed by atoms with Gasteiger partial charge in [-0.3, -0.25) is 48.1 Å². The van der Waals surface area contributed by atoms with E-state index in [1.807, 2.05) is 13.8 Å². The number of phenols is 2. The molecule has 0 saturated carbocycles. The van der Waals surface area contributed by atoms with Crippen LogP contribution in [0.5, 0.6) is 11.5 Å². The number of hydrogen-bond donors (Lipinski definition) is 14. The first-order chi connectivity index (χ1) is 46.4. The van der Waals surface area contributed by atoms with Gasteiger partial charge in [0.15, 0.2) is 0 Å². The summed E-state index contributed by atoms with van der Waals surface area (Å²) in [6.45, 7) is 9.57. The van der Waals surface area contributed by atoms with Crippen LogP contribution in [0.4, 0.5) is 5.69 Å². The number of phenolic OH excluding ortho intramolecular Hbond substituents is 2. The molecule has 0 unspecified atom stereocenters. The monoisotopic (exact) mass is 1350 g/mol. The molecule has 0 aromatic heterocycles. The lowest BCUT2D eigenvalue weighted by molar-refractivity contribution is -0.143. The van der Waals surface area contributed by atoms with Gasteiger partial charge < -0.3 is 80.4 Å². The lowest BCUT2D eigenvalue weighted by Gasteiger charge is -2.33. The topological polar surface area (TPSA) is 426 Å². The van der Waals surface area contributed by atoms with E-state index in [0.29, 0.717) is 80.3 Å². The summed E-state index contributed by atoms with van der Waals surface area (Å²) in [5.74, 6) is -8.17. The maximum atomic E-state index is 15.0. The maximum Gasteiger partial charge on any atom is 0.326 e. The second-order valence-electron chi connectivity index (χ2n) is 25.5. The normalized spacial score (nSPS) is 15.9. The fourth-order valence-electron chi connectivity index (χ4n) is 11.6. The molecule has 1 fully saturated rings. The Hall–Kier alpha value is -8.98. The second-order valence-corrected chi connectivity index (χ2v) is 25.5. The van der Waals surface area contributed by atoms with Gasteiger partial charge in [-0.2, -0.15) is 0 Å². The highest BCUT2D eigenvalue weighted by molar-refractivity contribution is 6.05. The van der Waals surface area contributed by atoms with Crippen LogP contribution in [-0.4, -0.2) is 166 Å². The highest BCUT2D eigenvalue weighted by atomic mass is 16.4. The van der Waals surface area contributed by atoms with Crippen molar-refractivity contribution in [3.8, 4) is 11.5 Å². The van der Waals surface area contributed by atoms with Crippen molar-refractivity contribution in [2.24, 2.45) is 34.8 Å². The van der Waals surface area contributed by atoms with Gasteiger partial charge in [0, 0.05) is 25.1 Å².